The summed E-state index contributed by atoms with van der Waals surface area (Å²) in [6.45, 7) is 7.64. The first kappa shape index (κ1) is 14.5. The summed E-state index contributed by atoms with van der Waals surface area (Å²) in [6, 6.07) is 7.22. The Balaban J connectivity index is 2.03. The zero-order valence-corrected chi connectivity index (χ0v) is 12.2. The van der Waals surface area contributed by atoms with Gasteiger partial charge in [-0.3, -0.25) is 4.90 Å². The van der Waals surface area contributed by atoms with Gasteiger partial charge in [-0.15, -0.1) is 0 Å². The van der Waals surface area contributed by atoms with Crippen LogP contribution < -0.4 is 5.32 Å². The Morgan fingerprint density at radius 2 is 1.95 bits per heavy atom. The molecule has 3 heteroatoms. The van der Waals surface area contributed by atoms with Crippen molar-refractivity contribution in [3.8, 4) is 0 Å². The minimum absolute atomic E-state index is 0.0997. The molecule has 0 aliphatic carbocycles. The average Bonchev–Trinajstić information content (AvgIpc) is 2.39. The van der Waals surface area contributed by atoms with Gasteiger partial charge < -0.3 is 5.32 Å². The fourth-order valence-electron chi connectivity index (χ4n) is 2.98. The highest BCUT2D eigenvalue weighted by Gasteiger charge is 2.29. The Bertz CT molecular complexity index is 413. The zero-order chi connectivity index (χ0) is 13.9. The first-order chi connectivity index (χ1) is 9.02. The summed E-state index contributed by atoms with van der Waals surface area (Å²) in [7, 11) is 2.10. The SMILES string of the molecule is CC(c1ccccc1F)N(C)CC1(C)CCNCC1. The summed E-state index contributed by atoms with van der Waals surface area (Å²) in [5, 5.41) is 3.40. The monoisotopic (exact) mass is 264 g/mol. The summed E-state index contributed by atoms with van der Waals surface area (Å²) in [5.74, 6) is -0.0997. The lowest BCUT2D eigenvalue weighted by Gasteiger charge is -2.39. The molecule has 0 spiro atoms. The largest absolute Gasteiger partial charge is 0.317 e. The van der Waals surface area contributed by atoms with Gasteiger partial charge in [-0.05, 0) is 51.4 Å². The second kappa shape index (κ2) is 6.02. The van der Waals surface area contributed by atoms with Gasteiger partial charge in [0.05, 0.1) is 0 Å². The second-order valence-electron chi connectivity index (χ2n) is 6.17. The Morgan fingerprint density at radius 3 is 2.58 bits per heavy atom. The highest BCUT2D eigenvalue weighted by atomic mass is 19.1. The predicted octanol–water partition coefficient (Wildman–Crippen LogP) is 3.21. The van der Waals surface area contributed by atoms with E-state index in [2.05, 4.69) is 31.1 Å². The van der Waals surface area contributed by atoms with E-state index in [1.54, 1.807) is 12.1 Å². The van der Waals surface area contributed by atoms with Crippen LogP contribution in [0.4, 0.5) is 4.39 Å². The van der Waals surface area contributed by atoms with E-state index < -0.39 is 0 Å². The molecular weight excluding hydrogens is 239 g/mol. The fourth-order valence-corrected chi connectivity index (χ4v) is 2.98. The van der Waals surface area contributed by atoms with Gasteiger partial charge in [0, 0.05) is 18.2 Å². The van der Waals surface area contributed by atoms with Crippen LogP contribution in [0.25, 0.3) is 0 Å². The molecule has 1 aromatic rings. The number of halogens is 1. The normalized spacial score (nSPS) is 20.5. The molecule has 1 fully saturated rings. The summed E-state index contributed by atoms with van der Waals surface area (Å²) < 4.78 is 13.8. The first-order valence-electron chi connectivity index (χ1n) is 7.17. The van der Waals surface area contributed by atoms with Crippen molar-refractivity contribution < 1.29 is 4.39 Å². The van der Waals surface area contributed by atoms with E-state index >= 15 is 0 Å². The molecule has 1 aromatic carbocycles. The summed E-state index contributed by atoms with van der Waals surface area (Å²) in [6.07, 6.45) is 2.39. The maximum Gasteiger partial charge on any atom is 0.127 e. The van der Waals surface area contributed by atoms with E-state index in [0.29, 0.717) is 5.41 Å². The van der Waals surface area contributed by atoms with Crippen LogP contribution in [0, 0.1) is 11.2 Å². The van der Waals surface area contributed by atoms with Gasteiger partial charge in [-0.25, -0.2) is 4.39 Å². The molecule has 2 nitrogen and oxygen atoms in total. The third-order valence-electron chi connectivity index (χ3n) is 4.46. The highest BCUT2D eigenvalue weighted by Crippen LogP contribution is 2.32. The van der Waals surface area contributed by atoms with Crippen LogP contribution >= 0.6 is 0 Å². The zero-order valence-electron chi connectivity index (χ0n) is 12.2. The van der Waals surface area contributed by atoms with E-state index in [1.807, 2.05) is 12.1 Å². The molecule has 1 N–H and O–H groups in total. The molecule has 1 unspecified atom stereocenters. The number of benzene rings is 1. The van der Waals surface area contributed by atoms with Crippen LogP contribution in [0.15, 0.2) is 24.3 Å². The van der Waals surface area contributed by atoms with Crippen molar-refractivity contribution in [1.82, 2.24) is 10.2 Å². The van der Waals surface area contributed by atoms with Gasteiger partial charge in [0.25, 0.3) is 0 Å². The first-order valence-corrected chi connectivity index (χ1v) is 7.17. The molecule has 0 aromatic heterocycles. The van der Waals surface area contributed by atoms with Crippen molar-refractivity contribution in [3.05, 3.63) is 35.6 Å². The van der Waals surface area contributed by atoms with Crippen LogP contribution in [-0.4, -0.2) is 31.6 Å². The van der Waals surface area contributed by atoms with Crippen LogP contribution in [0.3, 0.4) is 0 Å². The summed E-state index contributed by atoms with van der Waals surface area (Å²) >= 11 is 0. The smallest absolute Gasteiger partial charge is 0.127 e. The van der Waals surface area contributed by atoms with Crippen LogP contribution in [-0.2, 0) is 0 Å². The van der Waals surface area contributed by atoms with Crippen molar-refractivity contribution in [2.75, 3.05) is 26.7 Å². The third kappa shape index (κ3) is 3.54. The number of hydrogen-bond donors (Lipinski definition) is 1. The van der Waals surface area contributed by atoms with Gasteiger partial charge in [0.2, 0.25) is 0 Å². The molecule has 1 aliphatic heterocycles. The molecule has 2 rings (SSSR count). The maximum absolute atomic E-state index is 13.8. The standard InChI is InChI=1S/C16H25FN2/c1-13(14-6-4-5-7-15(14)17)19(3)12-16(2)8-10-18-11-9-16/h4-7,13,18H,8-12H2,1-3H3. The number of hydrogen-bond acceptors (Lipinski definition) is 2. The van der Waals surface area contributed by atoms with E-state index in [-0.39, 0.29) is 11.9 Å². The molecule has 1 aliphatic rings. The van der Waals surface area contributed by atoms with Crippen molar-refractivity contribution in [1.29, 1.82) is 0 Å². The minimum atomic E-state index is -0.0997. The predicted molar refractivity (Wildman–Crippen MR) is 77.7 cm³/mol. The third-order valence-corrected chi connectivity index (χ3v) is 4.46. The van der Waals surface area contributed by atoms with Crippen molar-refractivity contribution in [2.24, 2.45) is 5.41 Å². The highest BCUT2D eigenvalue weighted by molar-refractivity contribution is 5.20. The van der Waals surface area contributed by atoms with Gasteiger partial charge in [-0.2, -0.15) is 0 Å². The van der Waals surface area contributed by atoms with Crippen LogP contribution in [0.2, 0.25) is 0 Å². The van der Waals surface area contributed by atoms with E-state index in [0.717, 1.165) is 25.2 Å². The molecule has 0 bridgehead atoms. The summed E-state index contributed by atoms with van der Waals surface area (Å²) in [4.78, 5) is 2.28. The maximum atomic E-state index is 13.8. The Kier molecular flexibility index (Phi) is 4.58. The fraction of sp³-hybridized carbons (Fsp3) is 0.625. The van der Waals surface area contributed by atoms with Crippen molar-refractivity contribution in [2.45, 2.75) is 32.7 Å². The summed E-state index contributed by atoms with van der Waals surface area (Å²) in [5.41, 5.74) is 1.14. The van der Waals surface area contributed by atoms with Gasteiger partial charge in [0.15, 0.2) is 0 Å². The minimum Gasteiger partial charge on any atom is -0.317 e. The van der Waals surface area contributed by atoms with Crippen molar-refractivity contribution >= 4 is 0 Å². The van der Waals surface area contributed by atoms with Crippen LogP contribution in [0.1, 0.15) is 38.3 Å². The number of nitrogens with zero attached hydrogens (tertiary/aromatic N) is 1. The lowest BCUT2D eigenvalue weighted by atomic mass is 9.80. The number of nitrogens with one attached hydrogen (secondary N) is 1. The van der Waals surface area contributed by atoms with E-state index in [9.17, 15) is 4.39 Å². The van der Waals surface area contributed by atoms with Crippen molar-refractivity contribution in [3.63, 3.8) is 0 Å². The molecule has 0 saturated carbocycles. The van der Waals surface area contributed by atoms with E-state index in [1.165, 1.54) is 12.8 Å². The van der Waals surface area contributed by atoms with Gasteiger partial charge in [0.1, 0.15) is 5.82 Å². The Labute approximate surface area is 116 Å². The van der Waals surface area contributed by atoms with Crippen LogP contribution in [0.5, 0.6) is 0 Å². The Hall–Kier alpha value is -0.930. The van der Waals surface area contributed by atoms with Gasteiger partial charge in [-0.1, -0.05) is 25.1 Å². The molecule has 0 radical (unpaired) electrons. The lowest BCUT2D eigenvalue weighted by molar-refractivity contribution is 0.121. The number of piperidine rings is 1. The molecule has 1 heterocycles. The average molecular weight is 264 g/mol. The lowest BCUT2D eigenvalue weighted by Crippen LogP contribution is -2.42. The van der Waals surface area contributed by atoms with Gasteiger partial charge >= 0.3 is 0 Å². The molecule has 0 amide bonds. The Morgan fingerprint density at radius 1 is 1.32 bits per heavy atom. The second-order valence-corrected chi connectivity index (χ2v) is 6.17. The quantitative estimate of drug-likeness (QED) is 0.898. The molecule has 1 saturated heterocycles. The topological polar surface area (TPSA) is 15.3 Å². The number of rotatable bonds is 4. The van der Waals surface area contributed by atoms with E-state index in [4.69, 9.17) is 0 Å². The molecule has 106 valence electrons. The molecular formula is C16H25FN2. The molecule has 1 atom stereocenters. The molecule has 19 heavy (non-hydrogen) atoms.